The summed E-state index contributed by atoms with van der Waals surface area (Å²) in [6.45, 7) is 0.677. The Morgan fingerprint density at radius 3 is 1.92 bits per heavy atom. The highest BCUT2D eigenvalue weighted by Gasteiger charge is 2.64. The number of carbonyl (C=O) groups is 1. The van der Waals surface area contributed by atoms with Crippen LogP contribution in [0.15, 0.2) is 108 Å². The van der Waals surface area contributed by atoms with Gasteiger partial charge in [0.2, 0.25) is 10.0 Å². The van der Waals surface area contributed by atoms with Gasteiger partial charge in [-0.2, -0.15) is 17.9 Å². The number of ether oxygens (including phenoxy) is 2. The highest BCUT2D eigenvalue weighted by Crippen LogP contribution is 2.43. The molecule has 4 rings (SSSR count). The van der Waals surface area contributed by atoms with E-state index in [4.69, 9.17) is 9.47 Å². The highest BCUT2D eigenvalue weighted by atomic mass is 32.2. The van der Waals surface area contributed by atoms with Gasteiger partial charge in [0.25, 0.3) is 5.60 Å². The van der Waals surface area contributed by atoms with Crippen molar-refractivity contribution in [3.63, 3.8) is 0 Å². The number of sulfonamides is 1. The van der Waals surface area contributed by atoms with Crippen LogP contribution in [0.4, 0.5) is 13.2 Å². The van der Waals surface area contributed by atoms with Crippen LogP contribution in [0, 0.1) is 0 Å². The van der Waals surface area contributed by atoms with E-state index in [1.54, 1.807) is 66.7 Å². The molecule has 0 saturated heterocycles. The molecule has 6 nitrogen and oxygen atoms in total. The van der Waals surface area contributed by atoms with E-state index < -0.39 is 45.5 Å². The number of esters is 1. The Bertz CT molecular complexity index is 1560. The zero-order valence-corrected chi connectivity index (χ0v) is 21.9. The molecule has 0 aliphatic rings. The van der Waals surface area contributed by atoms with Crippen LogP contribution in [-0.2, 0) is 35.4 Å². The average molecular weight is 558 g/mol. The molecule has 0 saturated carbocycles. The third-order valence-corrected chi connectivity index (χ3v) is 8.13. The lowest BCUT2D eigenvalue weighted by Crippen LogP contribution is -2.54. The number of rotatable bonds is 9. The molecular weight excluding hydrogens is 531 g/mol. The molecule has 4 aromatic rings. The molecule has 1 unspecified atom stereocenters. The molecule has 1 N–H and O–H groups in total. The monoisotopic (exact) mass is 557 g/mol. The molecule has 0 fully saturated rings. The number of hydrogen-bond donors (Lipinski definition) is 1. The fraction of sp³-hybridized carbons (Fsp3) is 0.207. The normalized spacial score (nSPS) is 15.3. The first-order chi connectivity index (χ1) is 18.4. The van der Waals surface area contributed by atoms with Gasteiger partial charge in [0, 0.05) is 18.1 Å². The molecule has 0 radical (unpaired) electrons. The third-order valence-electron chi connectivity index (χ3n) is 6.47. The Morgan fingerprint density at radius 2 is 1.33 bits per heavy atom. The minimum atomic E-state index is -5.17. The molecule has 0 aromatic heterocycles. The average Bonchev–Trinajstić information content (AvgIpc) is 2.92. The van der Waals surface area contributed by atoms with Crippen LogP contribution >= 0.6 is 0 Å². The van der Waals surface area contributed by atoms with Crippen LogP contribution in [0.5, 0.6) is 0 Å². The Labute approximate surface area is 224 Å². The van der Waals surface area contributed by atoms with Crippen molar-refractivity contribution >= 4 is 26.8 Å². The third kappa shape index (κ3) is 5.40. The van der Waals surface area contributed by atoms with Crippen molar-refractivity contribution in [2.75, 3.05) is 13.7 Å². The molecular formula is C29H26F3NO5S. The standard InChI is InChI=1S/C29H26F3NO5S/c1-27(22-14-5-3-6-15-22,33-39(35,36)25-19-11-13-21-12-9-10-18-24(21)25)20-38-26(34)28(37-2,29(30,31)32)23-16-7-4-8-17-23/h3-19,33H,20H2,1-2H3/t27?,28-/m0/s1. The number of hydrogen-bond acceptors (Lipinski definition) is 5. The molecule has 10 heteroatoms. The lowest BCUT2D eigenvalue weighted by molar-refractivity contribution is -0.277. The number of halogens is 3. The highest BCUT2D eigenvalue weighted by molar-refractivity contribution is 7.89. The fourth-order valence-electron chi connectivity index (χ4n) is 4.46. The smallest absolute Gasteiger partial charge is 0.432 e. The van der Waals surface area contributed by atoms with Crippen LogP contribution in [-0.4, -0.2) is 34.3 Å². The van der Waals surface area contributed by atoms with Crippen molar-refractivity contribution in [1.82, 2.24) is 4.72 Å². The van der Waals surface area contributed by atoms with Crippen molar-refractivity contribution in [2.24, 2.45) is 0 Å². The fourth-order valence-corrected chi connectivity index (χ4v) is 6.07. The van der Waals surface area contributed by atoms with Crippen LogP contribution in [0.2, 0.25) is 0 Å². The first-order valence-electron chi connectivity index (χ1n) is 11.9. The Balaban J connectivity index is 1.73. The number of alkyl halides is 3. The zero-order valence-electron chi connectivity index (χ0n) is 21.1. The van der Waals surface area contributed by atoms with Gasteiger partial charge in [-0.15, -0.1) is 0 Å². The summed E-state index contributed by atoms with van der Waals surface area (Å²) < 4.78 is 83.0. The molecule has 0 amide bonds. The molecule has 4 aromatic carbocycles. The molecule has 2 atom stereocenters. The summed E-state index contributed by atoms with van der Waals surface area (Å²) in [5.41, 5.74) is -5.16. The minimum absolute atomic E-state index is 0.0279. The predicted octanol–water partition coefficient (Wildman–Crippen LogP) is 5.68. The summed E-state index contributed by atoms with van der Waals surface area (Å²) >= 11 is 0. The molecule has 0 spiro atoms. The number of benzene rings is 4. The SMILES string of the molecule is CO[C@](C(=O)OCC(C)(NS(=O)(=O)c1cccc2ccccc12)c1ccccc1)(c1ccccc1)C(F)(F)F. The summed E-state index contributed by atoms with van der Waals surface area (Å²) in [5, 5.41) is 1.14. The predicted molar refractivity (Wildman–Crippen MR) is 140 cm³/mol. The number of nitrogens with one attached hydrogen (secondary N) is 1. The summed E-state index contributed by atoms with van der Waals surface area (Å²) in [5.74, 6) is -1.73. The summed E-state index contributed by atoms with van der Waals surface area (Å²) in [4.78, 5) is 13.2. The van der Waals surface area contributed by atoms with Crippen LogP contribution in [0.25, 0.3) is 10.8 Å². The van der Waals surface area contributed by atoms with Gasteiger partial charge >= 0.3 is 12.1 Å². The van der Waals surface area contributed by atoms with Crippen LogP contribution in [0.3, 0.4) is 0 Å². The Kier molecular flexibility index (Phi) is 7.83. The van der Waals surface area contributed by atoms with Gasteiger partial charge in [0.05, 0.1) is 10.4 Å². The molecule has 0 heterocycles. The maximum atomic E-state index is 14.4. The lowest BCUT2D eigenvalue weighted by Gasteiger charge is -2.35. The van der Waals surface area contributed by atoms with E-state index in [2.05, 4.69) is 4.72 Å². The van der Waals surface area contributed by atoms with E-state index in [9.17, 15) is 26.4 Å². The van der Waals surface area contributed by atoms with E-state index in [-0.39, 0.29) is 4.90 Å². The first kappa shape index (κ1) is 28.3. The molecule has 0 bridgehead atoms. The van der Waals surface area contributed by atoms with Gasteiger partial charge in [-0.25, -0.2) is 13.2 Å². The summed E-state index contributed by atoms with van der Waals surface area (Å²) in [7, 11) is -3.49. The van der Waals surface area contributed by atoms with Gasteiger partial charge < -0.3 is 9.47 Å². The first-order valence-corrected chi connectivity index (χ1v) is 13.3. The largest absolute Gasteiger partial charge is 0.461 e. The van der Waals surface area contributed by atoms with Gasteiger partial charge in [-0.1, -0.05) is 97.1 Å². The quantitative estimate of drug-likeness (QED) is 0.268. The molecule has 39 heavy (non-hydrogen) atoms. The molecule has 204 valence electrons. The second kappa shape index (κ2) is 10.8. The number of carbonyl (C=O) groups excluding carboxylic acids is 1. The van der Waals surface area contributed by atoms with E-state index in [0.717, 1.165) is 19.2 Å². The van der Waals surface area contributed by atoms with E-state index in [1.807, 2.05) is 0 Å². The maximum absolute atomic E-state index is 14.4. The van der Waals surface area contributed by atoms with Crippen molar-refractivity contribution < 1.29 is 35.9 Å². The minimum Gasteiger partial charge on any atom is -0.461 e. The van der Waals surface area contributed by atoms with Gasteiger partial charge in [0.15, 0.2) is 0 Å². The Hall–Kier alpha value is -3.73. The number of methoxy groups -OCH3 is 1. The number of fused-ring (bicyclic) bond motifs is 1. The molecule has 0 aliphatic carbocycles. The van der Waals surface area contributed by atoms with Crippen molar-refractivity contribution in [2.45, 2.75) is 29.1 Å². The van der Waals surface area contributed by atoms with E-state index in [0.29, 0.717) is 16.3 Å². The van der Waals surface area contributed by atoms with Crippen molar-refractivity contribution in [3.05, 3.63) is 114 Å². The van der Waals surface area contributed by atoms with Crippen molar-refractivity contribution in [1.29, 1.82) is 0 Å². The van der Waals surface area contributed by atoms with Crippen LogP contribution in [0.1, 0.15) is 18.1 Å². The van der Waals surface area contributed by atoms with E-state index >= 15 is 0 Å². The zero-order chi connectivity index (χ0) is 28.3. The second-order valence-corrected chi connectivity index (χ2v) is 10.8. The summed E-state index contributed by atoms with van der Waals surface area (Å²) in [6.07, 6.45) is -5.17. The summed E-state index contributed by atoms with van der Waals surface area (Å²) in [6, 6.07) is 26.2. The lowest BCUT2D eigenvalue weighted by atomic mass is 9.92. The Morgan fingerprint density at radius 1 is 0.795 bits per heavy atom. The van der Waals surface area contributed by atoms with Crippen LogP contribution < -0.4 is 4.72 Å². The van der Waals surface area contributed by atoms with Gasteiger partial charge in [-0.05, 0) is 23.9 Å². The van der Waals surface area contributed by atoms with Gasteiger partial charge in [-0.3, -0.25) is 0 Å². The van der Waals surface area contributed by atoms with Gasteiger partial charge in [0.1, 0.15) is 6.61 Å². The maximum Gasteiger partial charge on any atom is 0.432 e. The topological polar surface area (TPSA) is 81.7 Å². The van der Waals surface area contributed by atoms with Crippen molar-refractivity contribution in [3.8, 4) is 0 Å². The van der Waals surface area contributed by atoms with E-state index in [1.165, 1.54) is 31.2 Å². The second-order valence-electron chi connectivity index (χ2n) is 9.11. The molecule has 0 aliphatic heterocycles.